The van der Waals surface area contributed by atoms with Crippen molar-refractivity contribution in [2.75, 3.05) is 20.7 Å². The number of hydrogen-bond acceptors (Lipinski definition) is 6. The number of benzene rings is 1. The van der Waals surface area contributed by atoms with Gasteiger partial charge in [0.2, 0.25) is 0 Å². The zero-order chi connectivity index (χ0) is 22.9. The SMILES string of the molecule is Cc1nc(/N=C/N(C)C)c2ccn(C3CC[C@@H](COc4ccc5cc(Br)cnc5c4)O3)c2n1. The quantitative estimate of drug-likeness (QED) is 0.268. The Hall–Kier alpha value is -3.04. The minimum absolute atomic E-state index is 0.00944. The van der Waals surface area contributed by atoms with Crippen LogP contribution in [0.25, 0.3) is 21.9 Å². The first kappa shape index (κ1) is 21.8. The van der Waals surface area contributed by atoms with Crippen molar-refractivity contribution in [2.24, 2.45) is 4.99 Å². The fourth-order valence-electron chi connectivity index (χ4n) is 3.99. The Morgan fingerprint density at radius 1 is 1.24 bits per heavy atom. The van der Waals surface area contributed by atoms with Crippen LogP contribution in [0.1, 0.15) is 24.9 Å². The molecule has 4 heterocycles. The van der Waals surface area contributed by atoms with Gasteiger partial charge in [-0.1, -0.05) is 0 Å². The number of aryl methyl sites for hydroxylation is 1. The van der Waals surface area contributed by atoms with E-state index in [0.29, 0.717) is 18.2 Å². The van der Waals surface area contributed by atoms with Gasteiger partial charge >= 0.3 is 0 Å². The van der Waals surface area contributed by atoms with Gasteiger partial charge in [0.15, 0.2) is 5.82 Å². The maximum absolute atomic E-state index is 6.33. The molecule has 33 heavy (non-hydrogen) atoms. The summed E-state index contributed by atoms with van der Waals surface area (Å²) in [6.45, 7) is 2.37. The lowest BCUT2D eigenvalue weighted by Gasteiger charge is -2.17. The highest BCUT2D eigenvalue weighted by Gasteiger charge is 2.28. The highest BCUT2D eigenvalue weighted by Crippen LogP contribution is 2.33. The van der Waals surface area contributed by atoms with E-state index < -0.39 is 0 Å². The molecule has 170 valence electrons. The van der Waals surface area contributed by atoms with E-state index in [1.54, 1.807) is 12.5 Å². The largest absolute Gasteiger partial charge is 0.491 e. The number of hydrogen-bond donors (Lipinski definition) is 0. The number of pyridine rings is 1. The fourth-order valence-corrected chi connectivity index (χ4v) is 4.34. The maximum atomic E-state index is 6.33. The molecule has 0 radical (unpaired) electrons. The summed E-state index contributed by atoms with van der Waals surface area (Å²) in [5.74, 6) is 2.14. The third-order valence-electron chi connectivity index (χ3n) is 5.53. The lowest BCUT2D eigenvalue weighted by Crippen LogP contribution is -2.18. The maximum Gasteiger partial charge on any atom is 0.166 e. The van der Waals surface area contributed by atoms with E-state index in [2.05, 4.69) is 40.4 Å². The minimum Gasteiger partial charge on any atom is -0.491 e. The van der Waals surface area contributed by atoms with Crippen LogP contribution >= 0.6 is 15.9 Å². The first-order valence-electron chi connectivity index (χ1n) is 10.9. The molecule has 0 saturated carbocycles. The molecule has 1 aliphatic heterocycles. The zero-order valence-electron chi connectivity index (χ0n) is 18.8. The Morgan fingerprint density at radius 2 is 2.12 bits per heavy atom. The van der Waals surface area contributed by atoms with Gasteiger partial charge in [-0.3, -0.25) is 4.98 Å². The summed E-state index contributed by atoms with van der Waals surface area (Å²) in [6.07, 6.45) is 7.28. The minimum atomic E-state index is -0.0910. The lowest BCUT2D eigenvalue weighted by molar-refractivity contribution is -0.0156. The molecule has 1 aliphatic rings. The normalized spacial score (nSPS) is 18.5. The van der Waals surface area contributed by atoms with Gasteiger partial charge in [-0.2, -0.15) is 0 Å². The average molecular weight is 509 g/mol. The molecule has 1 aromatic carbocycles. The van der Waals surface area contributed by atoms with Gasteiger partial charge in [0.1, 0.15) is 30.1 Å². The zero-order valence-corrected chi connectivity index (χ0v) is 20.4. The number of halogens is 1. The van der Waals surface area contributed by atoms with Crippen molar-refractivity contribution in [1.82, 2.24) is 24.4 Å². The van der Waals surface area contributed by atoms with Crippen LogP contribution in [0, 0.1) is 6.92 Å². The molecule has 0 aliphatic carbocycles. The molecule has 1 saturated heterocycles. The van der Waals surface area contributed by atoms with E-state index in [0.717, 1.165) is 45.0 Å². The summed E-state index contributed by atoms with van der Waals surface area (Å²) in [5.41, 5.74) is 1.74. The standard InChI is InChI=1S/C24H25BrN6O2/c1-15-28-23(27-14-30(2)3)20-8-9-31(24(20)29-15)22-7-6-19(33-22)13-32-18-5-4-16-10-17(25)12-26-21(16)11-18/h4-5,8-12,14,19,22H,6-7,13H2,1-3H3/b27-14+/t19-,22?/m0/s1. The Kier molecular flexibility index (Phi) is 5.99. The van der Waals surface area contributed by atoms with E-state index >= 15 is 0 Å². The molecule has 5 rings (SSSR count). The third-order valence-corrected chi connectivity index (χ3v) is 5.96. The molecule has 3 aromatic heterocycles. The summed E-state index contributed by atoms with van der Waals surface area (Å²) >= 11 is 3.46. The third kappa shape index (κ3) is 4.69. The van der Waals surface area contributed by atoms with Crippen LogP contribution in [-0.2, 0) is 4.74 Å². The molecular formula is C24H25BrN6O2. The van der Waals surface area contributed by atoms with Gasteiger partial charge in [0, 0.05) is 42.4 Å². The van der Waals surface area contributed by atoms with Crippen molar-refractivity contribution >= 4 is 50.0 Å². The van der Waals surface area contributed by atoms with Gasteiger partial charge in [-0.05, 0) is 60.0 Å². The molecule has 0 spiro atoms. The van der Waals surface area contributed by atoms with Gasteiger partial charge in [-0.15, -0.1) is 0 Å². The van der Waals surface area contributed by atoms with E-state index in [4.69, 9.17) is 9.47 Å². The van der Waals surface area contributed by atoms with E-state index in [1.807, 2.05) is 62.4 Å². The number of aliphatic imine (C=N–C) groups is 1. The molecule has 2 atom stereocenters. The van der Waals surface area contributed by atoms with Crippen molar-refractivity contribution in [2.45, 2.75) is 32.1 Å². The van der Waals surface area contributed by atoms with Crippen molar-refractivity contribution in [3.05, 3.63) is 53.0 Å². The Bertz CT molecular complexity index is 1340. The number of nitrogens with zero attached hydrogens (tertiary/aromatic N) is 6. The number of rotatable bonds is 6. The molecule has 0 bridgehead atoms. The van der Waals surface area contributed by atoms with Crippen LogP contribution in [0.3, 0.4) is 0 Å². The van der Waals surface area contributed by atoms with Gasteiger partial charge < -0.3 is 18.9 Å². The highest BCUT2D eigenvalue weighted by atomic mass is 79.9. The Balaban J connectivity index is 1.29. The van der Waals surface area contributed by atoms with Crippen LogP contribution in [-0.4, -0.2) is 57.6 Å². The molecule has 8 nitrogen and oxygen atoms in total. The van der Waals surface area contributed by atoms with Crippen molar-refractivity contribution in [1.29, 1.82) is 0 Å². The van der Waals surface area contributed by atoms with Crippen LogP contribution in [0.4, 0.5) is 5.82 Å². The van der Waals surface area contributed by atoms with Crippen molar-refractivity contribution in [3.63, 3.8) is 0 Å². The summed E-state index contributed by atoms with van der Waals surface area (Å²) in [4.78, 5) is 20.0. The molecule has 0 N–H and O–H groups in total. The summed E-state index contributed by atoms with van der Waals surface area (Å²) in [6, 6.07) is 10.00. The molecule has 1 unspecified atom stereocenters. The van der Waals surface area contributed by atoms with Crippen LogP contribution in [0.2, 0.25) is 0 Å². The predicted octanol–water partition coefficient (Wildman–Crippen LogP) is 5.03. The fraction of sp³-hybridized carbons (Fsp3) is 0.333. The highest BCUT2D eigenvalue weighted by molar-refractivity contribution is 9.10. The van der Waals surface area contributed by atoms with Crippen LogP contribution in [0.5, 0.6) is 5.75 Å². The van der Waals surface area contributed by atoms with Crippen molar-refractivity contribution in [3.8, 4) is 5.75 Å². The second-order valence-corrected chi connectivity index (χ2v) is 9.29. The first-order chi connectivity index (χ1) is 16.0. The molecule has 4 aromatic rings. The summed E-state index contributed by atoms with van der Waals surface area (Å²) < 4.78 is 15.4. The lowest BCUT2D eigenvalue weighted by atomic mass is 10.2. The molecule has 1 fully saturated rings. The number of aromatic nitrogens is 4. The van der Waals surface area contributed by atoms with Gasteiger partial charge in [-0.25, -0.2) is 15.0 Å². The topological polar surface area (TPSA) is 77.7 Å². The van der Waals surface area contributed by atoms with E-state index in [9.17, 15) is 0 Å². The second kappa shape index (κ2) is 9.07. The second-order valence-electron chi connectivity index (χ2n) is 8.37. The summed E-state index contributed by atoms with van der Waals surface area (Å²) in [5, 5.41) is 1.98. The number of ether oxygens (including phenoxy) is 2. The van der Waals surface area contributed by atoms with E-state index in [-0.39, 0.29) is 12.3 Å². The van der Waals surface area contributed by atoms with Gasteiger partial charge in [0.05, 0.1) is 23.3 Å². The Morgan fingerprint density at radius 3 is 2.97 bits per heavy atom. The number of fused-ring (bicyclic) bond motifs is 2. The summed E-state index contributed by atoms with van der Waals surface area (Å²) in [7, 11) is 3.87. The molecular weight excluding hydrogens is 484 g/mol. The molecule has 0 amide bonds. The van der Waals surface area contributed by atoms with E-state index in [1.165, 1.54) is 0 Å². The average Bonchev–Trinajstić information content (AvgIpc) is 3.42. The monoisotopic (exact) mass is 508 g/mol. The van der Waals surface area contributed by atoms with Crippen LogP contribution in [0.15, 0.2) is 52.2 Å². The molecule has 9 heteroatoms. The predicted molar refractivity (Wildman–Crippen MR) is 132 cm³/mol. The smallest absolute Gasteiger partial charge is 0.166 e. The van der Waals surface area contributed by atoms with Crippen molar-refractivity contribution < 1.29 is 9.47 Å². The Labute approximate surface area is 200 Å². The van der Waals surface area contributed by atoms with Crippen LogP contribution < -0.4 is 4.74 Å². The van der Waals surface area contributed by atoms with Gasteiger partial charge in [0.25, 0.3) is 0 Å². The first-order valence-corrected chi connectivity index (χ1v) is 11.6.